The SMILES string of the molecule is C=Cc1ncc(C#N)cc1C. The zero-order valence-electron chi connectivity index (χ0n) is 6.33. The van der Waals surface area contributed by atoms with E-state index in [1.165, 1.54) is 0 Å². The van der Waals surface area contributed by atoms with E-state index in [1.54, 1.807) is 18.3 Å². The molecule has 0 bridgehead atoms. The fourth-order valence-corrected chi connectivity index (χ4v) is 0.860. The monoisotopic (exact) mass is 144 g/mol. The fraction of sp³-hybridized carbons (Fsp3) is 0.111. The number of nitrogens with zero attached hydrogens (tertiary/aromatic N) is 2. The van der Waals surface area contributed by atoms with Gasteiger partial charge in [0.05, 0.1) is 11.3 Å². The van der Waals surface area contributed by atoms with Crippen LogP contribution in [-0.2, 0) is 0 Å². The predicted molar refractivity (Wildman–Crippen MR) is 43.8 cm³/mol. The van der Waals surface area contributed by atoms with E-state index < -0.39 is 0 Å². The number of hydrogen-bond acceptors (Lipinski definition) is 2. The third kappa shape index (κ3) is 1.44. The smallest absolute Gasteiger partial charge is 0.101 e. The van der Waals surface area contributed by atoms with Crippen molar-refractivity contribution in [2.45, 2.75) is 6.92 Å². The second kappa shape index (κ2) is 2.98. The number of hydrogen-bond donors (Lipinski definition) is 0. The Balaban J connectivity index is 3.22. The van der Waals surface area contributed by atoms with Crippen LogP contribution in [0.4, 0.5) is 0 Å². The van der Waals surface area contributed by atoms with Gasteiger partial charge in [-0.15, -0.1) is 0 Å². The molecule has 0 saturated heterocycles. The maximum atomic E-state index is 8.51. The molecule has 2 heteroatoms. The van der Waals surface area contributed by atoms with Gasteiger partial charge >= 0.3 is 0 Å². The fourth-order valence-electron chi connectivity index (χ4n) is 0.860. The van der Waals surface area contributed by atoms with Gasteiger partial charge in [0.25, 0.3) is 0 Å². The highest BCUT2D eigenvalue weighted by atomic mass is 14.7. The standard InChI is InChI=1S/C9H8N2/c1-3-9-7(2)4-8(5-10)6-11-9/h3-4,6H,1H2,2H3. The molecule has 0 N–H and O–H groups in total. The highest BCUT2D eigenvalue weighted by Gasteiger charge is 1.95. The summed E-state index contributed by atoms with van der Waals surface area (Å²) in [7, 11) is 0. The van der Waals surface area contributed by atoms with Crippen molar-refractivity contribution in [2.24, 2.45) is 0 Å². The number of nitriles is 1. The number of aromatic nitrogens is 1. The summed E-state index contributed by atoms with van der Waals surface area (Å²) in [5, 5.41) is 8.51. The first-order valence-corrected chi connectivity index (χ1v) is 3.27. The van der Waals surface area contributed by atoms with Gasteiger partial charge < -0.3 is 0 Å². The van der Waals surface area contributed by atoms with Crippen LogP contribution >= 0.6 is 0 Å². The van der Waals surface area contributed by atoms with Crippen molar-refractivity contribution in [1.29, 1.82) is 5.26 Å². The minimum absolute atomic E-state index is 0.591. The summed E-state index contributed by atoms with van der Waals surface area (Å²) >= 11 is 0. The third-order valence-electron chi connectivity index (χ3n) is 1.44. The Labute approximate surface area is 65.8 Å². The molecule has 0 saturated carbocycles. The number of aryl methyl sites for hydroxylation is 1. The van der Waals surface area contributed by atoms with Gasteiger partial charge in [-0.1, -0.05) is 6.58 Å². The largest absolute Gasteiger partial charge is 0.255 e. The Hall–Kier alpha value is -1.62. The molecule has 0 aliphatic rings. The Kier molecular flexibility index (Phi) is 2.03. The first-order chi connectivity index (χ1) is 5.27. The van der Waals surface area contributed by atoms with Gasteiger partial charge in [0, 0.05) is 6.20 Å². The molecule has 0 amide bonds. The van der Waals surface area contributed by atoms with Crippen molar-refractivity contribution in [3.05, 3.63) is 35.7 Å². The van der Waals surface area contributed by atoms with Crippen molar-refractivity contribution in [3.8, 4) is 6.07 Å². The van der Waals surface area contributed by atoms with Crippen molar-refractivity contribution in [3.63, 3.8) is 0 Å². The van der Waals surface area contributed by atoms with Crippen molar-refractivity contribution in [2.75, 3.05) is 0 Å². The Morgan fingerprint density at radius 2 is 2.45 bits per heavy atom. The van der Waals surface area contributed by atoms with Crippen LogP contribution < -0.4 is 0 Å². The zero-order valence-corrected chi connectivity index (χ0v) is 6.33. The molecule has 0 fully saturated rings. The van der Waals surface area contributed by atoms with E-state index in [9.17, 15) is 0 Å². The topological polar surface area (TPSA) is 36.7 Å². The molecule has 54 valence electrons. The minimum atomic E-state index is 0.591. The quantitative estimate of drug-likeness (QED) is 0.603. The van der Waals surface area contributed by atoms with Gasteiger partial charge in [-0.05, 0) is 24.6 Å². The molecule has 1 aromatic heterocycles. The number of pyridine rings is 1. The lowest BCUT2D eigenvalue weighted by Crippen LogP contribution is -1.87. The van der Waals surface area contributed by atoms with Crippen LogP contribution in [0.25, 0.3) is 6.08 Å². The molecule has 0 spiro atoms. The molecule has 11 heavy (non-hydrogen) atoms. The van der Waals surface area contributed by atoms with Gasteiger partial charge in [-0.2, -0.15) is 5.26 Å². The normalized spacial score (nSPS) is 8.73. The Morgan fingerprint density at radius 3 is 2.91 bits per heavy atom. The molecule has 0 aliphatic heterocycles. The predicted octanol–water partition coefficient (Wildman–Crippen LogP) is 1.90. The second-order valence-corrected chi connectivity index (χ2v) is 2.24. The first-order valence-electron chi connectivity index (χ1n) is 3.27. The van der Waals surface area contributed by atoms with E-state index in [0.29, 0.717) is 5.56 Å². The van der Waals surface area contributed by atoms with Crippen molar-refractivity contribution < 1.29 is 0 Å². The molecular formula is C9H8N2. The summed E-state index contributed by atoms with van der Waals surface area (Å²) in [6.07, 6.45) is 3.22. The second-order valence-electron chi connectivity index (χ2n) is 2.24. The lowest BCUT2D eigenvalue weighted by Gasteiger charge is -1.97. The van der Waals surface area contributed by atoms with Gasteiger partial charge in [0.2, 0.25) is 0 Å². The molecule has 1 rings (SSSR count). The summed E-state index contributed by atoms with van der Waals surface area (Å²) in [6, 6.07) is 3.82. The first kappa shape index (κ1) is 7.49. The van der Waals surface area contributed by atoms with Crippen LogP contribution in [0.5, 0.6) is 0 Å². The summed E-state index contributed by atoms with van der Waals surface area (Å²) < 4.78 is 0. The Morgan fingerprint density at radius 1 is 1.73 bits per heavy atom. The molecule has 0 atom stereocenters. The van der Waals surface area contributed by atoms with E-state index in [2.05, 4.69) is 11.6 Å². The molecule has 1 aromatic rings. The average Bonchev–Trinajstić information content (AvgIpc) is 2.04. The van der Waals surface area contributed by atoms with Crippen molar-refractivity contribution >= 4 is 6.08 Å². The van der Waals surface area contributed by atoms with E-state index in [1.807, 2.05) is 13.0 Å². The van der Waals surface area contributed by atoms with Gasteiger partial charge in [0.15, 0.2) is 0 Å². The molecular weight excluding hydrogens is 136 g/mol. The molecule has 1 heterocycles. The van der Waals surface area contributed by atoms with Crippen LogP contribution in [0.15, 0.2) is 18.8 Å². The summed E-state index contributed by atoms with van der Waals surface area (Å²) in [4.78, 5) is 4.03. The molecule has 0 aliphatic carbocycles. The lowest BCUT2D eigenvalue weighted by molar-refractivity contribution is 1.22. The molecule has 0 aromatic carbocycles. The van der Waals surface area contributed by atoms with E-state index in [-0.39, 0.29) is 0 Å². The molecule has 0 radical (unpaired) electrons. The van der Waals surface area contributed by atoms with Crippen LogP contribution in [0.1, 0.15) is 16.8 Å². The van der Waals surface area contributed by atoms with Gasteiger partial charge in [0.1, 0.15) is 6.07 Å². The van der Waals surface area contributed by atoms with Gasteiger partial charge in [-0.25, -0.2) is 0 Å². The molecule has 2 nitrogen and oxygen atoms in total. The van der Waals surface area contributed by atoms with E-state index >= 15 is 0 Å². The third-order valence-corrected chi connectivity index (χ3v) is 1.44. The highest BCUT2D eigenvalue weighted by Crippen LogP contribution is 2.07. The summed E-state index contributed by atoms with van der Waals surface area (Å²) in [6.45, 7) is 5.51. The lowest BCUT2D eigenvalue weighted by atomic mass is 10.1. The average molecular weight is 144 g/mol. The summed E-state index contributed by atoms with van der Waals surface area (Å²) in [5.41, 5.74) is 2.41. The number of rotatable bonds is 1. The maximum Gasteiger partial charge on any atom is 0.101 e. The van der Waals surface area contributed by atoms with Crippen LogP contribution in [0.2, 0.25) is 0 Å². The van der Waals surface area contributed by atoms with Crippen LogP contribution in [-0.4, -0.2) is 4.98 Å². The van der Waals surface area contributed by atoms with Crippen LogP contribution in [0.3, 0.4) is 0 Å². The highest BCUT2D eigenvalue weighted by molar-refractivity contribution is 5.48. The zero-order chi connectivity index (χ0) is 8.27. The van der Waals surface area contributed by atoms with E-state index in [0.717, 1.165) is 11.3 Å². The van der Waals surface area contributed by atoms with Crippen molar-refractivity contribution in [1.82, 2.24) is 4.98 Å². The van der Waals surface area contributed by atoms with Crippen LogP contribution in [0, 0.1) is 18.3 Å². The molecule has 0 unspecified atom stereocenters. The van der Waals surface area contributed by atoms with E-state index in [4.69, 9.17) is 5.26 Å². The maximum absolute atomic E-state index is 8.51. The summed E-state index contributed by atoms with van der Waals surface area (Å²) in [5.74, 6) is 0. The Bertz CT molecular complexity index is 321. The van der Waals surface area contributed by atoms with Gasteiger partial charge in [-0.3, -0.25) is 4.98 Å². The minimum Gasteiger partial charge on any atom is -0.255 e.